The zero-order valence-corrected chi connectivity index (χ0v) is 19.8. The molecule has 144 valence electrons. The van der Waals surface area contributed by atoms with Gasteiger partial charge in [-0.2, -0.15) is 0 Å². The number of aliphatic imine (C=N–C) groups is 1. The first-order chi connectivity index (χ1) is 12.1. The molecule has 1 heterocycles. The summed E-state index contributed by atoms with van der Waals surface area (Å²) in [5.74, 6) is 2.56. The van der Waals surface area contributed by atoms with Gasteiger partial charge in [0.15, 0.2) is 17.5 Å². The molecule has 9 heteroatoms. The van der Waals surface area contributed by atoms with E-state index in [4.69, 9.17) is 14.2 Å². The van der Waals surface area contributed by atoms with Gasteiger partial charge in [-0.1, -0.05) is 0 Å². The predicted molar refractivity (Wildman–Crippen MR) is 121 cm³/mol. The molecule has 1 aromatic carbocycles. The second-order valence-electron chi connectivity index (χ2n) is 5.02. The summed E-state index contributed by atoms with van der Waals surface area (Å²) in [6, 6.07) is 7.94. The standard InChI is InChI=1S/C17H22BrN3O3S.HI/c1-19-17(21-10-12-5-6-15(18)25-12)20-9-11-7-13(22-2)16(24-4)14(8-11)23-3;/h5-8H,9-10H2,1-4H3,(H2,19,20,21);1H. The number of methoxy groups -OCH3 is 3. The SMILES string of the molecule is CN=C(NCc1cc(OC)c(OC)c(OC)c1)NCc1ccc(Br)s1.I. The minimum Gasteiger partial charge on any atom is -0.493 e. The highest BCUT2D eigenvalue weighted by atomic mass is 127. The molecule has 2 N–H and O–H groups in total. The van der Waals surface area contributed by atoms with Crippen LogP contribution in [-0.4, -0.2) is 34.3 Å². The first kappa shape index (κ1) is 22.8. The van der Waals surface area contributed by atoms with Gasteiger partial charge in [0.1, 0.15) is 0 Å². The molecular weight excluding hydrogens is 533 g/mol. The number of rotatable bonds is 7. The first-order valence-corrected chi connectivity index (χ1v) is 9.19. The summed E-state index contributed by atoms with van der Waals surface area (Å²) in [4.78, 5) is 5.47. The van der Waals surface area contributed by atoms with E-state index in [0.29, 0.717) is 30.3 Å². The van der Waals surface area contributed by atoms with Crippen molar-refractivity contribution in [3.8, 4) is 17.2 Å². The van der Waals surface area contributed by atoms with E-state index in [-0.39, 0.29) is 24.0 Å². The van der Waals surface area contributed by atoms with Gasteiger partial charge in [-0.15, -0.1) is 35.3 Å². The number of guanidine groups is 1. The molecule has 0 amide bonds. The molecule has 2 rings (SSSR count). The van der Waals surface area contributed by atoms with E-state index in [9.17, 15) is 0 Å². The fourth-order valence-electron chi connectivity index (χ4n) is 2.26. The van der Waals surface area contributed by atoms with Gasteiger partial charge in [0.05, 0.1) is 31.7 Å². The number of nitrogens with zero attached hydrogens (tertiary/aromatic N) is 1. The monoisotopic (exact) mass is 555 g/mol. The Morgan fingerprint density at radius 2 is 1.65 bits per heavy atom. The second-order valence-corrected chi connectivity index (χ2v) is 7.57. The van der Waals surface area contributed by atoms with E-state index in [1.807, 2.05) is 18.2 Å². The Morgan fingerprint density at radius 1 is 1.04 bits per heavy atom. The molecule has 0 unspecified atom stereocenters. The van der Waals surface area contributed by atoms with E-state index in [1.165, 1.54) is 4.88 Å². The summed E-state index contributed by atoms with van der Waals surface area (Å²) in [5, 5.41) is 6.57. The van der Waals surface area contributed by atoms with Gasteiger partial charge in [-0.05, 0) is 45.8 Å². The Hall–Kier alpha value is -1.20. The highest BCUT2D eigenvalue weighted by Gasteiger charge is 2.13. The van der Waals surface area contributed by atoms with Crippen LogP contribution < -0.4 is 24.8 Å². The van der Waals surface area contributed by atoms with Crippen LogP contribution in [0.5, 0.6) is 17.2 Å². The lowest BCUT2D eigenvalue weighted by molar-refractivity contribution is 0.323. The third-order valence-corrected chi connectivity index (χ3v) is 5.09. The van der Waals surface area contributed by atoms with Crippen LogP contribution in [-0.2, 0) is 13.1 Å². The summed E-state index contributed by atoms with van der Waals surface area (Å²) in [6.45, 7) is 1.29. The summed E-state index contributed by atoms with van der Waals surface area (Å²) in [5.41, 5.74) is 0.997. The van der Waals surface area contributed by atoms with Crippen LogP contribution in [0.1, 0.15) is 10.4 Å². The maximum Gasteiger partial charge on any atom is 0.203 e. The highest BCUT2D eigenvalue weighted by Crippen LogP contribution is 2.38. The molecular formula is C17H23BrIN3O3S. The van der Waals surface area contributed by atoms with Crippen molar-refractivity contribution in [2.24, 2.45) is 4.99 Å². The number of hydrogen-bond donors (Lipinski definition) is 2. The topological polar surface area (TPSA) is 64.1 Å². The molecule has 0 saturated heterocycles. The van der Waals surface area contributed by atoms with Crippen molar-refractivity contribution in [2.75, 3.05) is 28.4 Å². The van der Waals surface area contributed by atoms with Crippen LogP contribution in [0.25, 0.3) is 0 Å². The number of hydrogen-bond acceptors (Lipinski definition) is 5. The fourth-order valence-corrected chi connectivity index (χ4v) is 3.68. The maximum atomic E-state index is 5.38. The van der Waals surface area contributed by atoms with E-state index in [0.717, 1.165) is 15.3 Å². The molecule has 0 bridgehead atoms. The van der Waals surface area contributed by atoms with Gasteiger partial charge in [0.2, 0.25) is 5.75 Å². The van der Waals surface area contributed by atoms with Crippen molar-refractivity contribution >= 4 is 57.2 Å². The molecule has 0 aliphatic rings. The number of halogens is 2. The number of ether oxygens (including phenoxy) is 3. The van der Waals surface area contributed by atoms with E-state index >= 15 is 0 Å². The second kappa shape index (κ2) is 11.5. The van der Waals surface area contributed by atoms with Crippen molar-refractivity contribution in [3.63, 3.8) is 0 Å². The Morgan fingerprint density at radius 3 is 2.12 bits per heavy atom. The Bertz CT molecular complexity index is 715. The normalized spacial score (nSPS) is 10.7. The average molecular weight is 556 g/mol. The average Bonchev–Trinajstić information content (AvgIpc) is 3.06. The summed E-state index contributed by atoms with van der Waals surface area (Å²) in [6.07, 6.45) is 0. The molecule has 0 spiro atoms. The summed E-state index contributed by atoms with van der Waals surface area (Å²) >= 11 is 5.16. The van der Waals surface area contributed by atoms with Crippen molar-refractivity contribution in [3.05, 3.63) is 38.5 Å². The van der Waals surface area contributed by atoms with Gasteiger partial charge in [0.25, 0.3) is 0 Å². The third kappa shape index (κ3) is 6.20. The van der Waals surface area contributed by atoms with Crippen molar-refractivity contribution in [1.82, 2.24) is 10.6 Å². The molecule has 0 fully saturated rings. The van der Waals surface area contributed by atoms with Crippen LogP contribution in [0, 0.1) is 0 Å². The predicted octanol–water partition coefficient (Wildman–Crippen LogP) is 4.02. The number of thiophene rings is 1. The van der Waals surface area contributed by atoms with Gasteiger partial charge in [-0.3, -0.25) is 4.99 Å². The smallest absolute Gasteiger partial charge is 0.203 e. The lowest BCUT2D eigenvalue weighted by Gasteiger charge is -2.15. The molecule has 1 aromatic heterocycles. The van der Waals surface area contributed by atoms with Crippen molar-refractivity contribution < 1.29 is 14.2 Å². The van der Waals surface area contributed by atoms with Crippen molar-refractivity contribution in [1.29, 1.82) is 0 Å². The van der Waals surface area contributed by atoms with Gasteiger partial charge in [0, 0.05) is 18.5 Å². The van der Waals surface area contributed by atoms with E-state index in [2.05, 4.69) is 37.6 Å². The lowest BCUT2D eigenvalue weighted by atomic mass is 10.2. The van der Waals surface area contributed by atoms with Crippen LogP contribution in [0.3, 0.4) is 0 Å². The summed E-state index contributed by atoms with van der Waals surface area (Å²) in [7, 11) is 6.55. The fraction of sp³-hybridized carbons (Fsp3) is 0.353. The van der Waals surface area contributed by atoms with E-state index in [1.54, 1.807) is 39.7 Å². The van der Waals surface area contributed by atoms with Gasteiger partial charge in [-0.25, -0.2) is 0 Å². The van der Waals surface area contributed by atoms with E-state index < -0.39 is 0 Å². The highest BCUT2D eigenvalue weighted by molar-refractivity contribution is 14.0. The van der Waals surface area contributed by atoms with Crippen LogP contribution in [0.4, 0.5) is 0 Å². The van der Waals surface area contributed by atoms with Crippen LogP contribution >= 0.6 is 51.2 Å². The molecule has 26 heavy (non-hydrogen) atoms. The largest absolute Gasteiger partial charge is 0.493 e. The molecule has 6 nitrogen and oxygen atoms in total. The zero-order chi connectivity index (χ0) is 18.2. The number of benzene rings is 1. The summed E-state index contributed by atoms with van der Waals surface area (Å²) < 4.78 is 17.2. The Balaban J connectivity index is 0.00000338. The lowest BCUT2D eigenvalue weighted by Crippen LogP contribution is -2.36. The molecule has 0 atom stereocenters. The minimum absolute atomic E-state index is 0. The number of nitrogens with one attached hydrogen (secondary N) is 2. The molecule has 0 aliphatic heterocycles. The van der Waals surface area contributed by atoms with Crippen LogP contribution in [0.2, 0.25) is 0 Å². The minimum atomic E-state index is 0. The van der Waals surface area contributed by atoms with Crippen LogP contribution in [0.15, 0.2) is 33.0 Å². The van der Waals surface area contributed by atoms with Gasteiger partial charge < -0.3 is 24.8 Å². The third-order valence-electron chi connectivity index (χ3n) is 3.47. The van der Waals surface area contributed by atoms with Crippen molar-refractivity contribution in [2.45, 2.75) is 13.1 Å². The molecule has 0 saturated carbocycles. The zero-order valence-electron chi connectivity index (χ0n) is 15.1. The van der Waals surface area contributed by atoms with Gasteiger partial charge >= 0.3 is 0 Å². The maximum absolute atomic E-state index is 5.38. The molecule has 0 aliphatic carbocycles. The molecule has 2 aromatic rings. The molecule has 0 radical (unpaired) electrons. The Kier molecular flexibility index (Phi) is 10.1. The Labute approximate surface area is 183 Å². The quantitative estimate of drug-likeness (QED) is 0.307. The first-order valence-electron chi connectivity index (χ1n) is 7.58.